The van der Waals surface area contributed by atoms with Crippen LogP contribution < -0.4 is 5.32 Å². The summed E-state index contributed by atoms with van der Waals surface area (Å²) in [7, 11) is 0. The molecule has 0 rings (SSSR count). The molecule has 0 unspecified atom stereocenters. The number of nitrogens with one attached hydrogen (secondary N) is 1. The highest BCUT2D eigenvalue weighted by atomic mass is 16.2. The number of amides is 1. The van der Waals surface area contributed by atoms with E-state index in [1.165, 1.54) is 13.8 Å². The van der Waals surface area contributed by atoms with Crippen molar-refractivity contribution in [3.8, 4) is 0 Å². The maximum absolute atomic E-state index is 11.9. The van der Waals surface area contributed by atoms with Gasteiger partial charge in [-0.3, -0.25) is 14.4 Å². The van der Waals surface area contributed by atoms with E-state index < -0.39 is 16.9 Å². The van der Waals surface area contributed by atoms with Crippen LogP contribution in [0.1, 0.15) is 48.5 Å². The minimum atomic E-state index is -0.859. The molecule has 0 aliphatic rings. The fourth-order valence-electron chi connectivity index (χ4n) is 1.85. The number of hydrogen-bond donors (Lipinski definition) is 1. The maximum Gasteiger partial charge on any atom is 0.225 e. The number of Topliss-reactive ketones (excluding diaryl/α,β-unsaturated/α-hetero) is 2. The van der Waals surface area contributed by atoms with Gasteiger partial charge in [0, 0.05) is 5.41 Å². The molecule has 0 bridgehead atoms. The number of carbonyl (C=O) groups excluding carboxylic acids is 3. The normalized spacial score (nSPS) is 12.5. The van der Waals surface area contributed by atoms with E-state index in [9.17, 15) is 14.4 Å². The van der Waals surface area contributed by atoms with Crippen LogP contribution >= 0.6 is 0 Å². The molecular formula is C13H23NO3. The van der Waals surface area contributed by atoms with Crippen molar-refractivity contribution in [2.75, 3.05) is 0 Å². The van der Waals surface area contributed by atoms with Crippen LogP contribution in [-0.4, -0.2) is 23.0 Å². The summed E-state index contributed by atoms with van der Waals surface area (Å²) in [5, 5.41) is 2.78. The summed E-state index contributed by atoms with van der Waals surface area (Å²) >= 11 is 0. The van der Waals surface area contributed by atoms with Gasteiger partial charge >= 0.3 is 0 Å². The van der Waals surface area contributed by atoms with Crippen molar-refractivity contribution in [3.63, 3.8) is 0 Å². The smallest absolute Gasteiger partial charge is 0.225 e. The van der Waals surface area contributed by atoms with E-state index in [0.29, 0.717) is 0 Å². The van der Waals surface area contributed by atoms with Gasteiger partial charge in [-0.25, -0.2) is 0 Å². The largest absolute Gasteiger partial charge is 0.350 e. The van der Waals surface area contributed by atoms with Gasteiger partial charge in [-0.15, -0.1) is 0 Å². The monoisotopic (exact) mass is 241 g/mol. The van der Waals surface area contributed by atoms with Gasteiger partial charge in [-0.1, -0.05) is 20.8 Å². The third kappa shape index (κ3) is 4.29. The lowest BCUT2D eigenvalue weighted by atomic mass is 9.80. The molecule has 1 amide bonds. The molecule has 0 heterocycles. The molecule has 1 N–H and O–H groups in total. The van der Waals surface area contributed by atoms with Crippen LogP contribution in [0.15, 0.2) is 0 Å². The van der Waals surface area contributed by atoms with Crippen LogP contribution in [0.2, 0.25) is 0 Å². The van der Waals surface area contributed by atoms with Gasteiger partial charge < -0.3 is 5.32 Å². The van der Waals surface area contributed by atoms with Crippen molar-refractivity contribution in [2.45, 2.75) is 54.0 Å². The van der Waals surface area contributed by atoms with Crippen molar-refractivity contribution >= 4 is 17.5 Å². The Balaban J connectivity index is 5.06. The minimum absolute atomic E-state index is 0.171. The van der Waals surface area contributed by atoms with Gasteiger partial charge in [0.1, 0.15) is 11.6 Å². The maximum atomic E-state index is 11.9. The van der Waals surface area contributed by atoms with Crippen molar-refractivity contribution in [1.82, 2.24) is 5.32 Å². The molecule has 17 heavy (non-hydrogen) atoms. The Morgan fingerprint density at radius 3 is 1.47 bits per heavy atom. The predicted molar refractivity (Wildman–Crippen MR) is 66.5 cm³/mol. The average Bonchev–Trinajstić information content (AvgIpc) is 1.97. The molecule has 0 aromatic heterocycles. The van der Waals surface area contributed by atoms with Crippen molar-refractivity contribution in [1.29, 1.82) is 0 Å². The Hall–Kier alpha value is -1.19. The quantitative estimate of drug-likeness (QED) is 0.762. The van der Waals surface area contributed by atoms with Gasteiger partial charge in [0.15, 0.2) is 0 Å². The van der Waals surface area contributed by atoms with E-state index in [1.807, 2.05) is 0 Å². The molecule has 0 aromatic rings. The van der Waals surface area contributed by atoms with Crippen LogP contribution in [0.3, 0.4) is 0 Å². The second kappa shape index (κ2) is 4.98. The first-order chi connectivity index (χ1) is 7.39. The molecule has 0 saturated heterocycles. The Kier molecular flexibility index (Phi) is 4.63. The summed E-state index contributed by atoms with van der Waals surface area (Å²) in [6.45, 7) is 11.5. The summed E-state index contributed by atoms with van der Waals surface area (Å²) in [6, 6.07) is 0. The Labute approximate surface area is 103 Å². The Bertz CT molecular complexity index is 323. The molecule has 0 aliphatic carbocycles. The molecule has 98 valence electrons. The number of rotatable bonds is 4. The van der Waals surface area contributed by atoms with E-state index >= 15 is 0 Å². The van der Waals surface area contributed by atoms with Crippen LogP contribution in [0, 0.1) is 11.3 Å². The molecule has 0 aliphatic heterocycles. The summed E-state index contributed by atoms with van der Waals surface area (Å²) < 4.78 is 0. The topological polar surface area (TPSA) is 63.2 Å². The van der Waals surface area contributed by atoms with Crippen molar-refractivity contribution in [2.24, 2.45) is 11.3 Å². The predicted octanol–water partition coefficient (Wildman–Crippen LogP) is 1.72. The Morgan fingerprint density at radius 1 is 0.882 bits per heavy atom. The molecule has 4 heteroatoms. The standard InChI is InChI=1S/C13H23NO3/c1-8(15)10(9(2)16)13(6,7)14-11(17)12(3,4)5/h10H,1-7H3,(H,14,17). The third-order valence-electron chi connectivity index (χ3n) is 2.65. The molecule has 0 spiro atoms. The number of hydrogen-bond acceptors (Lipinski definition) is 3. The van der Waals surface area contributed by atoms with Gasteiger partial charge in [0.25, 0.3) is 0 Å². The fraction of sp³-hybridized carbons (Fsp3) is 0.769. The number of carbonyl (C=O) groups is 3. The van der Waals surface area contributed by atoms with Crippen LogP contribution in [0.4, 0.5) is 0 Å². The summed E-state index contributed by atoms with van der Waals surface area (Å²) in [5.41, 5.74) is -1.41. The van der Waals surface area contributed by atoms with Gasteiger partial charge in [0.2, 0.25) is 5.91 Å². The van der Waals surface area contributed by atoms with Crippen molar-refractivity contribution in [3.05, 3.63) is 0 Å². The third-order valence-corrected chi connectivity index (χ3v) is 2.65. The highest BCUT2D eigenvalue weighted by Crippen LogP contribution is 2.22. The summed E-state index contributed by atoms with van der Waals surface area (Å²) in [6.07, 6.45) is 0. The zero-order chi connectivity index (χ0) is 14.0. The van der Waals surface area contributed by atoms with Gasteiger partial charge in [-0.2, -0.15) is 0 Å². The van der Waals surface area contributed by atoms with E-state index in [0.717, 1.165) is 0 Å². The minimum Gasteiger partial charge on any atom is -0.350 e. The second-order valence-corrected chi connectivity index (χ2v) is 6.08. The number of ketones is 2. The fourth-order valence-corrected chi connectivity index (χ4v) is 1.85. The van der Waals surface area contributed by atoms with E-state index in [4.69, 9.17) is 0 Å². The molecular weight excluding hydrogens is 218 g/mol. The van der Waals surface area contributed by atoms with Crippen LogP contribution in [-0.2, 0) is 14.4 Å². The first kappa shape index (κ1) is 15.8. The second-order valence-electron chi connectivity index (χ2n) is 6.08. The highest BCUT2D eigenvalue weighted by molar-refractivity contribution is 6.02. The SMILES string of the molecule is CC(=O)C(C(C)=O)C(C)(C)NC(=O)C(C)(C)C. The highest BCUT2D eigenvalue weighted by Gasteiger charge is 2.39. The molecule has 0 atom stereocenters. The Morgan fingerprint density at radius 2 is 1.24 bits per heavy atom. The van der Waals surface area contributed by atoms with E-state index in [2.05, 4.69) is 5.32 Å². The van der Waals surface area contributed by atoms with Crippen LogP contribution in [0.25, 0.3) is 0 Å². The van der Waals surface area contributed by atoms with E-state index in [1.54, 1.807) is 34.6 Å². The lowest BCUT2D eigenvalue weighted by Gasteiger charge is -2.34. The summed E-state index contributed by atoms with van der Waals surface area (Å²) in [4.78, 5) is 34.9. The molecule has 0 saturated carbocycles. The first-order valence-corrected chi connectivity index (χ1v) is 5.73. The zero-order valence-corrected chi connectivity index (χ0v) is 11.8. The lowest BCUT2D eigenvalue weighted by molar-refractivity contribution is -0.136. The van der Waals surface area contributed by atoms with E-state index in [-0.39, 0.29) is 17.5 Å². The van der Waals surface area contributed by atoms with Gasteiger partial charge in [-0.05, 0) is 27.7 Å². The zero-order valence-electron chi connectivity index (χ0n) is 11.8. The molecule has 4 nitrogen and oxygen atoms in total. The first-order valence-electron chi connectivity index (χ1n) is 5.73. The molecule has 0 fully saturated rings. The van der Waals surface area contributed by atoms with Crippen molar-refractivity contribution < 1.29 is 14.4 Å². The summed E-state index contributed by atoms with van der Waals surface area (Å²) in [5.74, 6) is -1.42. The van der Waals surface area contributed by atoms with Gasteiger partial charge in [0.05, 0.1) is 11.5 Å². The average molecular weight is 241 g/mol. The molecule has 0 radical (unpaired) electrons. The molecule has 0 aromatic carbocycles. The lowest BCUT2D eigenvalue weighted by Crippen LogP contribution is -2.56. The van der Waals surface area contributed by atoms with Crippen LogP contribution in [0.5, 0.6) is 0 Å².